The van der Waals surface area contributed by atoms with Crippen molar-refractivity contribution in [3.8, 4) is 5.75 Å². The van der Waals surface area contributed by atoms with Crippen LogP contribution in [0.1, 0.15) is 44.1 Å². The summed E-state index contributed by atoms with van der Waals surface area (Å²) in [6.07, 6.45) is 3.81. The molecule has 2 fully saturated rings. The van der Waals surface area contributed by atoms with Gasteiger partial charge in [-0.05, 0) is 56.2 Å². The average molecular weight is 289 g/mol. The number of piperidine rings is 1. The molecule has 1 aromatic rings. The van der Waals surface area contributed by atoms with Crippen LogP contribution in [0.5, 0.6) is 5.75 Å². The third-order valence-corrected chi connectivity index (χ3v) is 4.68. The largest absolute Gasteiger partial charge is 0.508 e. The predicted molar refractivity (Wildman–Crippen MR) is 80.2 cm³/mol. The second-order valence-electron chi connectivity index (χ2n) is 6.20. The van der Waals surface area contributed by atoms with Gasteiger partial charge in [0.2, 0.25) is 0 Å². The van der Waals surface area contributed by atoms with E-state index in [1.807, 2.05) is 24.0 Å². The zero-order valence-electron chi connectivity index (χ0n) is 12.5. The number of phenolic OH excluding ortho intramolecular Hbond substituents is 1. The Kier molecular flexibility index (Phi) is 4.15. The van der Waals surface area contributed by atoms with E-state index < -0.39 is 0 Å². The normalized spacial score (nSPS) is 27.0. The van der Waals surface area contributed by atoms with Crippen LogP contribution in [0.15, 0.2) is 24.3 Å². The van der Waals surface area contributed by atoms with Crippen LogP contribution in [-0.2, 0) is 9.53 Å². The highest BCUT2D eigenvalue weighted by Crippen LogP contribution is 2.30. The van der Waals surface area contributed by atoms with Crippen molar-refractivity contribution in [1.29, 1.82) is 0 Å². The summed E-state index contributed by atoms with van der Waals surface area (Å²) in [7, 11) is 0. The topological polar surface area (TPSA) is 49.8 Å². The van der Waals surface area contributed by atoms with Crippen LogP contribution in [0.2, 0.25) is 0 Å². The van der Waals surface area contributed by atoms with Crippen LogP contribution in [0, 0.1) is 0 Å². The molecule has 0 saturated carbocycles. The highest BCUT2D eigenvalue weighted by molar-refractivity contribution is 5.81. The molecule has 4 heteroatoms. The molecule has 0 aliphatic carbocycles. The summed E-state index contributed by atoms with van der Waals surface area (Å²) in [6.45, 7) is 3.64. The molecule has 2 atom stereocenters. The first-order valence-corrected chi connectivity index (χ1v) is 7.86. The van der Waals surface area contributed by atoms with Crippen molar-refractivity contribution in [2.45, 2.75) is 50.7 Å². The first-order valence-electron chi connectivity index (χ1n) is 7.86. The second kappa shape index (κ2) is 6.06. The van der Waals surface area contributed by atoms with E-state index in [9.17, 15) is 9.90 Å². The molecule has 2 heterocycles. The summed E-state index contributed by atoms with van der Waals surface area (Å²) in [5.74, 6) is 0.959. The summed E-state index contributed by atoms with van der Waals surface area (Å²) in [6, 6.07) is 7.44. The lowest BCUT2D eigenvalue weighted by Crippen LogP contribution is -2.43. The van der Waals surface area contributed by atoms with Crippen LogP contribution in [0.4, 0.5) is 0 Å². The number of carbonyl (C=O) groups excluding carboxylic acids is 1. The molecule has 0 aromatic heterocycles. The van der Waals surface area contributed by atoms with E-state index >= 15 is 0 Å². The summed E-state index contributed by atoms with van der Waals surface area (Å²) >= 11 is 0. The molecule has 2 saturated heterocycles. The Morgan fingerprint density at radius 3 is 2.38 bits per heavy atom. The van der Waals surface area contributed by atoms with Crippen molar-refractivity contribution < 1.29 is 14.6 Å². The fourth-order valence-electron chi connectivity index (χ4n) is 3.37. The summed E-state index contributed by atoms with van der Waals surface area (Å²) in [5, 5.41) is 9.35. The van der Waals surface area contributed by atoms with E-state index in [1.165, 1.54) is 5.56 Å². The summed E-state index contributed by atoms with van der Waals surface area (Å²) in [5.41, 5.74) is 1.26. The molecule has 21 heavy (non-hydrogen) atoms. The molecule has 2 aliphatic rings. The van der Waals surface area contributed by atoms with Crippen LogP contribution in [0.25, 0.3) is 0 Å². The molecule has 2 unspecified atom stereocenters. The molecular formula is C17H23NO3. The number of amides is 1. The van der Waals surface area contributed by atoms with Crippen molar-refractivity contribution in [3.05, 3.63) is 29.8 Å². The molecule has 0 bridgehead atoms. The third-order valence-electron chi connectivity index (χ3n) is 4.68. The number of carbonyl (C=O) groups is 1. The molecule has 1 N–H and O–H groups in total. The molecule has 1 amide bonds. The number of likely N-dealkylation sites (tertiary alicyclic amines) is 1. The highest BCUT2D eigenvalue weighted by atomic mass is 16.5. The van der Waals surface area contributed by atoms with Gasteiger partial charge in [-0.2, -0.15) is 0 Å². The fraction of sp³-hybridized carbons (Fsp3) is 0.588. The summed E-state index contributed by atoms with van der Waals surface area (Å²) < 4.78 is 5.68. The lowest BCUT2D eigenvalue weighted by molar-refractivity contribution is -0.143. The molecule has 3 rings (SSSR count). The molecule has 1 aromatic carbocycles. The molecule has 0 radical (unpaired) electrons. The predicted octanol–water partition coefficient (Wildman–Crippen LogP) is 2.67. The van der Waals surface area contributed by atoms with Gasteiger partial charge in [-0.15, -0.1) is 0 Å². The van der Waals surface area contributed by atoms with Gasteiger partial charge in [0, 0.05) is 13.1 Å². The Bertz CT molecular complexity index is 491. The Morgan fingerprint density at radius 1 is 1.14 bits per heavy atom. The SMILES string of the molecule is CC1CCC(C(=O)N2CCC(c3ccc(O)cc3)CC2)O1. The van der Waals surface area contributed by atoms with Gasteiger partial charge in [-0.1, -0.05) is 12.1 Å². The van der Waals surface area contributed by atoms with Crippen molar-refractivity contribution in [2.24, 2.45) is 0 Å². The monoisotopic (exact) mass is 289 g/mol. The van der Waals surface area contributed by atoms with E-state index in [0.717, 1.165) is 38.8 Å². The van der Waals surface area contributed by atoms with Crippen LogP contribution in [0.3, 0.4) is 0 Å². The molecular weight excluding hydrogens is 266 g/mol. The van der Waals surface area contributed by atoms with Gasteiger partial charge >= 0.3 is 0 Å². The van der Waals surface area contributed by atoms with Crippen molar-refractivity contribution in [1.82, 2.24) is 4.90 Å². The van der Waals surface area contributed by atoms with Gasteiger partial charge in [-0.3, -0.25) is 4.79 Å². The number of aromatic hydroxyl groups is 1. The molecule has 114 valence electrons. The number of rotatable bonds is 2. The lowest BCUT2D eigenvalue weighted by atomic mass is 9.89. The van der Waals surface area contributed by atoms with Gasteiger partial charge in [0.1, 0.15) is 11.9 Å². The fourth-order valence-corrected chi connectivity index (χ4v) is 3.37. The Labute approximate surface area is 125 Å². The minimum atomic E-state index is -0.217. The lowest BCUT2D eigenvalue weighted by Gasteiger charge is -2.33. The summed E-state index contributed by atoms with van der Waals surface area (Å²) in [4.78, 5) is 14.4. The van der Waals surface area contributed by atoms with Gasteiger partial charge < -0.3 is 14.7 Å². The highest BCUT2D eigenvalue weighted by Gasteiger charge is 2.33. The van der Waals surface area contributed by atoms with Crippen molar-refractivity contribution >= 4 is 5.91 Å². The quantitative estimate of drug-likeness (QED) is 0.910. The van der Waals surface area contributed by atoms with Crippen molar-refractivity contribution in [3.63, 3.8) is 0 Å². The Morgan fingerprint density at radius 2 is 1.81 bits per heavy atom. The minimum absolute atomic E-state index is 0.170. The smallest absolute Gasteiger partial charge is 0.251 e. The standard InChI is InChI=1S/C17H23NO3/c1-12-2-7-16(21-12)17(20)18-10-8-14(9-11-18)13-3-5-15(19)6-4-13/h3-6,12,14,16,19H,2,7-11H2,1H3. The maximum atomic E-state index is 12.4. The van der Waals surface area contributed by atoms with Crippen molar-refractivity contribution in [2.75, 3.05) is 13.1 Å². The maximum absolute atomic E-state index is 12.4. The van der Waals surface area contributed by atoms with E-state index in [1.54, 1.807) is 12.1 Å². The second-order valence-corrected chi connectivity index (χ2v) is 6.20. The van der Waals surface area contributed by atoms with Crippen LogP contribution < -0.4 is 0 Å². The van der Waals surface area contributed by atoms with E-state index in [2.05, 4.69) is 0 Å². The van der Waals surface area contributed by atoms with Crippen LogP contribution in [-0.4, -0.2) is 41.2 Å². The number of ether oxygens (including phenoxy) is 1. The first-order chi connectivity index (χ1) is 10.1. The first kappa shape index (κ1) is 14.4. The van der Waals surface area contributed by atoms with Gasteiger partial charge in [0.15, 0.2) is 0 Å². The third kappa shape index (κ3) is 3.21. The molecule has 4 nitrogen and oxygen atoms in total. The van der Waals surface area contributed by atoms with Crippen LogP contribution >= 0.6 is 0 Å². The number of hydrogen-bond donors (Lipinski definition) is 1. The Hall–Kier alpha value is -1.55. The zero-order chi connectivity index (χ0) is 14.8. The number of hydrogen-bond acceptors (Lipinski definition) is 3. The number of benzene rings is 1. The molecule has 2 aliphatic heterocycles. The zero-order valence-corrected chi connectivity index (χ0v) is 12.5. The van der Waals surface area contributed by atoms with Gasteiger partial charge in [0.25, 0.3) is 5.91 Å². The van der Waals surface area contributed by atoms with E-state index in [-0.39, 0.29) is 18.1 Å². The van der Waals surface area contributed by atoms with Gasteiger partial charge in [0.05, 0.1) is 6.10 Å². The number of phenols is 1. The van der Waals surface area contributed by atoms with E-state index in [4.69, 9.17) is 4.74 Å². The van der Waals surface area contributed by atoms with E-state index in [0.29, 0.717) is 11.7 Å². The number of nitrogens with zero attached hydrogens (tertiary/aromatic N) is 1. The minimum Gasteiger partial charge on any atom is -0.508 e. The molecule has 0 spiro atoms. The average Bonchev–Trinajstić information content (AvgIpc) is 2.94. The Balaban J connectivity index is 1.55. The van der Waals surface area contributed by atoms with Gasteiger partial charge in [-0.25, -0.2) is 0 Å². The maximum Gasteiger partial charge on any atom is 0.251 e.